The molecule has 0 amide bonds. The zero-order chi connectivity index (χ0) is 10.3. The lowest BCUT2D eigenvalue weighted by molar-refractivity contribution is -0.132. The molecule has 0 bridgehead atoms. The third-order valence-corrected chi connectivity index (χ3v) is 0.508. The monoisotopic (exact) mass is 202 g/mol. The summed E-state index contributed by atoms with van der Waals surface area (Å²) in [5.74, 6) is -0.935. The maximum atomic E-state index is 10.3. The highest BCUT2D eigenvalue weighted by molar-refractivity contribution is 5.84. The quantitative estimate of drug-likeness (QED) is 0.523. The number of halogens is 4. The molecule has 1 N–H and O–H groups in total. The summed E-state index contributed by atoms with van der Waals surface area (Å²) >= 11 is 0. The number of aliphatic carboxylic acids is 1. The van der Waals surface area contributed by atoms with Crippen molar-refractivity contribution in [3.8, 4) is 0 Å². The first-order valence-corrected chi connectivity index (χ1v) is 2.54. The summed E-state index contributed by atoms with van der Waals surface area (Å²) in [4.78, 5) is 9.60. The molecular weight excluding hydrogens is 192 g/mol. The van der Waals surface area contributed by atoms with Gasteiger partial charge >= 0.3 is 18.1 Å². The van der Waals surface area contributed by atoms with Crippen LogP contribution < -0.4 is 0 Å². The Morgan fingerprint density at radius 1 is 1.15 bits per heavy atom. The van der Waals surface area contributed by atoms with Crippen LogP contribution in [0.25, 0.3) is 0 Å². The van der Waals surface area contributed by atoms with Crippen molar-refractivity contribution in [3.63, 3.8) is 0 Å². The van der Waals surface area contributed by atoms with Crippen molar-refractivity contribution in [2.24, 2.45) is 0 Å². The first-order valence-electron chi connectivity index (χ1n) is 2.54. The molecule has 13 heavy (non-hydrogen) atoms. The third kappa shape index (κ3) is 18.0. The van der Waals surface area contributed by atoms with Crippen LogP contribution in [0.3, 0.4) is 0 Å². The molecule has 0 heterocycles. The van der Waals surface area contributed by atoms with Crippen LogP contribution >= 0.6 is 0 Å². The van der Waals surface area contributed by atoms with Gasteiger partial charge in [-0.25, -0.2) is 4.79 Å². The lowest BCUT2D eigenvalue weighted by Gasteiger charge is -1.79. The van der Waals surface area contributed by atoms with E-state index in [0.717, 1.165) is 0 Å². The number of hydrogen-bond donors (Lipinski definition) is 1. The Hall–Kier alpha value is -1.33. The van der Waals surface area contributed by atoms with E-state index in [1.165, 1.54) is 6.92 Å². The van der Waals surface area contributed by atoms with Gasteiger partial charge in [-0.05, 0) is 6.92 Å². The summed E-state index contributed by atoms with van der Waals surface area (Å²) in [5, 5.41) is 7.89. The summed E-state index contributed by atoms with van der Waals surface area (Å²) in [6, 6.07) is 0. The van der Waals surface area contributed by atoms with Gasteiger partial charge in [-0.1, -0.05) is 14.0 Å². The Labute approximate surface area is 73.2 Å². The summed E-state index contributed by atoms with van der Waals surface area (Å²) < 4.78 is 41.1. The molecule has 0 aliphatic heterocycles. The van der Waals surface area contributed by atoms with E-state index >= 15 is 0 Å². The summed E-state index contributed by atoms with van der Waals surface area (Å²) in [5.41, 5.74) is 0.176. The van der Waals surface area contributed by atoms with Crippen molar-refractivity contribution in [1.29, 1.82) is 0 Å². The minimum atomic E-state index is -2.91. The molecule has 0 saturated heterocycles. The van der Waals surface area contributed by atoms with Crippen molar-refractivity contribution in [1.82, 2.24) is 0 Å². The van der Waals surface area contributed by atoms with Crippen LogP contribution in [0.2, 0.25) is 0 Å². The fourth-order valence-corrected chi connectivity index (χ4v) is 0. The summed E-state index contributed by atoms with van der Waals surface area (Å²) in [6.07, 6.45) is -5.81. The van der Waals surface area contributed by atoms with E-state index in [9.17, 15) is 22.4 Å². The number of carboxylic acid groups (broad SMARTS) is 1. The van der Waals surface area contributed by atoms with Crippen molar-refractivity contribution >= 4 is 5.97 Å². The number of hydrogen-bond acceptors (Lipinski definition) is 1. The summed E-state index contributed by atoms with van der Waals surface area (Å²) in [7, 11) is 0. The van der Waals surface area contributed by atoms with Gasteiger partial charge in [-0.3, -0.25) is 0 Å². The fourth-order valence-electron chi connectivity index (χ4n) is 0. The molecule has 0 aromatic heterocycles. The van der Waals surface area contributed by atoms with Gasteiger partial charge in [-0.15, -0.1) is 0 Å². The van der Waals surface area contributed by atoms with E-state index in [1.54, 1.807) is 0 Å². The average molecular weight is 202 g/mol. The minimum absolute atomic E-state index is 0. The van der Waals surface area contributed by atoms with Gasteiger partial charge in [0.25, 0.3) is 0 Å². The first kappa shape index (κ1) is 17.7. The number of carboxylic acids is 1. The van der Waals surface area contributed by atoms with Gasteiger partial charge in [0, 0.05) is 5.57 Å². The zero-order valence-corrected chi connectivity index (χ0v) is 6.07. The number of rotatable bonds is 1. The molecule has 0 aliphatic carbocycles. The lowest BCUT2D eigenvalue weighted by atomic mass is 10.4. The molecule has 2 nitrogen and oxygen atoms in total. The van der Waals surface area contributed by atoms with E-state index in [1.807, 2.05) is 0 Å². The second-order valence-electron chi connectivity index (χ2n) is 1.61. The molecule has 0 aliphatic rings. The third-order valence-electron chi connectivity index (χ3n) is 0.508. The Morgan fingerprint density at radius 3 is 1.31 bits per heavy atom. The standard InChI is InChI=1S/C4H6O2.C2F4.CH4/c1-3(2)4(5)6;3-1(4)2(5)6;/h1H2,2H3,(H,5,6);;1H4. The Bertz CT molecular complexity index is 181. The Morgan fingerprint density at radius 2 is 1.31 bits per heavy atom. The molecule has 0 unspecified atom stereocenters. The van der Waals surface area contributed by atoms with Crippen LogP contribution in [0, 0.1) is 0 Å². The van der Waals surface area contributed by atoms with E-state index < -0.39 is 18.1 Å². The van der Waals surface area contributed by atoms with E-state index in [2.05, 4.69) is 6.58 Å². The van der Waals surface area contributed by atoms with E-state index in [0.29, 0.717) is 0 Å². The second kappa shape index (κ2) is 8.76. The van der Waals surface area contributed by atoms with Crippen LogP contribution in [0.5, 0.6) is 0 Å². The van der Waals surface area contributed by atoms with Crippen LogP contribution in [0.1, 0.15) is 14.4 Å². The highest BCUT2D eigenvalue weighted by Gasteiger charge is 1.98. The SMILES string of the molecule is C.C=C(C)C(=O)O.FC(F)=C(F)F. The molecule has 6 heteroatoms. The smallest absolute Gasteiger partial charge is 0.334 e. The molecule has 0 spiro atoms. The van der Waals surface area contributed by atoms with Crippen LogP contribution in [0.4, 0.5) is 17.6 Å². The van der Waals surface area contributed by atoms with E-state index in [-0.39, 0.29) is 13.0 Å². The normalized spacial score (nSPS) is 7.15. The van der Waals surface area contributed by atoms with Crippen molar-refractivity contribution in [2.45, 2.75) is 14.4 Å². The van der Waals surface area contributed by atoms with Gasteiger partial charge < -0.3 is 5.11 Å². The molecule has 0 fully saturated rings. The summed E-state index contributed by atoms with van der Waals surface area (Å²) in [6.45, 7) is 4.60. The topological polar surface area (TPSA) is 37.3 Å². The average Bonchev–Trinajstić information content (AvgIpc) is 1.88. The maximum absolute atomic E-state index is 10.3. The van der Waals surface area contributed by atoms with Gasteiger partial charge in [0.2, 0.25) is 0 Å². The van der Waals surface area contributed by atoms with Gasteiger partial charge in [0.15, 0.2) is 0 Å². The molecule has 0 rings (SSSR count). The zero-order valence-electron chi connectivity index (χ0n) is 6.07. The van der Waals surface area contributed by atoms with Gasteiger partial charge in [0.05, 0.1) is 0 Å². The predicted molar refractivity (Wildman–Crippen MR) is 40.6 cm³/mol. The Balaban J connectivity index is -0.000000143. The van der Waals surface area contributed by atoms with E-state index in [4.69, 9.17) is 5.11 Å². The maximum Gasteiger partial charge on any atom is 0.334 e. The van der Waals surface area contributed by atoms with Crippen LogP contribution in [-0.4, -0.2) is 11.1 Å². The molecular formula is C7H10F4O2. The first-order chi connectivity index (χ1) is 5.29. The van der Waals surface area contributed by atoms with Crippen molar-refractivity contribution in [2.75, 3.05) is 0 Å². The molecule has 0 aromatic carbocycles. The van der Waals surface area contributed by atoms with Crippen LogP contribution in [-0.2, 0) is 4.79 Å². The van der Waals surface area contributed by atoms with Crippen molar-refractivity contribution in [3.05, 3.63) is 24.3 Å². The second-order valence-corrected chi connectivity index (χ2v) is 1.61. The predicted octanol–water partition coefficient (Wildman–Crippen LogP) is 3.27. The fraction of sp³-hybridized carbons (Fsp3) is 0.286. The minimum Gasteiger partial charge on any atom is -0.478 e. The molecule has 0 atom stereocenters. The van der Waals surface area contributed by atoms with Gasteiger partial charge in [0.1, 0.15) is 0 Å². The van der Waals surface area contributed by atoms with Crippen LogP contribution in [0.15, 0.2) is 24.3 Å². The molecule has 0 saturated carbocycles. The largest absolute Gasteiger partial charge is 0.478 e. The number of carbonyl (C=O) groups is 1. The molecule has 78 valence electrons. The highest BCUT2D eigenvalue weighted by atomic mass is 19.3. The van der Waals surface area contributed by atoms with Crippen molar-refractivity contribution < 1.29 is 27.5 Å². The Kier molecular flexibility index (Phi) is 11.9. The van der Waals surface area contributed by atoms with Gasteiger partial charge in [-0.2, -0.15) is 17.6 Å². The lowest BCUT2D eigenvalue weighted by Crippen LogP contribution is -1.92. The molecule has 0 radical (unpaired) electrons. The highest BCUT2D eigenvalue weighted by Crippen LogP contribution is 2.08. The molecule has 0 aromatic rings.